The molecule has 0 aromatic carbocycles. The highest BCUT2D eigenvalue weighted by atomic mass is 32.1. The number of pyridine rings is 1. The minimum atomic E-state index is -0.629. The number of thiazole rings is 1. The molecule has 2 aromatic heterocycles. The summed E-state index contributed by atoms with van der Waals surface area (Å²) in [6, 6.07) is 3.99. The third kappa shape index (κ3) is 6.28. The Morgan fingerprint density at radius 3 is 2.76 bits per heavy atom. The van der Waals surface area contributed by atoms with E-state index in [0.717, 1.165) is 36.5 Å². The first-order chi connectivity index (χ1) is 13.8. The van der Waals surface area contributed by atoms with E-state index in [0.29, 0.717) is 5.13 Å². The number of aromatic nitrogens is 2. The van der Waals surface area contributed by atoms with Crippen LogP contribution in [-0.4, -0.2) is 47.2 Å². The zero-order valence-corrected chi connectivity index (χ0v) is 17.6. The molecule has 0 unspecified atom stereocenters. The van der Waals surface area contributed by atoms with Crippen LogP contribution in [0, 0.1) is 0 Å². The van der Waals surface area contributed by atoms with Crippen molar-refractivity contribution in [1.82, 2.24) is 15.3 Å². The fraction of sp³-hybridized carbons (Fsp3) is 0.400. The Labute approximate surface area is 174 Å². The normalized spacial score (nSPS) is 14.2. The molecule has 8 nitrogen and oxygen atoms in total. The molecule has 154 valence electrons. The third-order valence-electron chi connectivity index (χ3n) is 4.05. The molecule has 1 aliphatic heterocycles. The Morgan fingerprint density at radius 2 is 2.03 bits per heavy atom. The fourth-order valence-corrected chi connectivity index (χ4v) is 3.56. The number of hydrogen-bond acceptors (Lipinski definition) is 7. The molecule has 2 amide bonds. The predicted molar refractivity (Wildman–Crippen MR) is 114 cm³/mol. The number of anilines is 2. The van der Waals surface area contributed by atoms with Crippen molar-refractivity contribution in [3.63, 3.8) is 0 Å². The standard InChI is InChI=1S/C20H25N5O3S/c1-20(2,3)28-19(27)22-11-17(26)24-18-23-16(13-29-18)14-5-4-10-25(12-14)15-6-8-21-9-7-15/h5-9,13H,4,10-12H2,1-3H3,(H,22,27)(H,23,24,26). The van der Waals surface area contributed by atoms with Crippen molar-refractivity contribution in [1.29, 1.82) is 0 Å². The molecule has 3 rings (SSSR count). The molecular weight excluding hydrogens is 390 g/mol. The lowest BCUT2D eigenvalue weighted by molar-refractivity contribution is -0.115. The highest BCUT2D eigenvalue weighted by molar-refractivity contribution is 7.14. The number of carbonyl (C=O) groups is 2. The second-order valence-electron chi connectivity index (χ2n) is 7.59. The average molecular weight is 416 g/mol. The minimum Gasteiger partial charge on any atom is -0.444 e. The number of hydrogen-bond donors (Lipinski definition) is 2. The van der Waals surface area contributed by atoms with Crippen molar-refractivity contribution in [3.8, 4) is 0 Å². The van der Waals surface area contributed by atoms with Gasteiger partial charge < -0.3 is 20.3 Å². The van der Waals surface area contributed by atoms with E-state index in [9.17, 15) is 9.59 Å². The highest BCUT2D eigenvalue weighted by Gasteiger charge is 2.19. The first-order valence-corrected chi connectivity index (χ1v) is 10.2. The van der Waals surface area contributed by atoms with Gasteiger partial charge in [0, 0.05) is 36.6 Å². The minimum absolute atomic E-state index is 0.178. The Morgan fingerprint density at radius 1 is 1.28 bits per heavy atom. The summed E-state index contributed by atoms with van der Waals surface area (Å²) in [7, 11) is 0. The molecule has 0 aliphatic carbocycles. The molecule has 3 heterocycles. The topological polar surface area (TPSA) is 96.4 Å². The Hall–Kier alpha value is -2.94. The zero-order valence-electron chi connectivity index (χ0n) is 16.8. The summed E-state index contributed by atoms with van der Waals surface area (Å²) in [5.74, 6) is -0.354. The van der Waals surface area contributed by atoms with Crippen molar-refractivity contribution >= 4 is 39.7 Å². The maximum atomic E-state index is 12.1. The van der Waals surface area contributed by atoms with E-state index in [2.05, 4.69) is 31.6 Å². The van der Waals surface area contributed by atoms with E-state index >= 15 is 0 Å². The second kappa shape index (κ2) is 9.04. The fourth-order valence-electron chi connectivity index (χ4n) is 2.81. The average Bonchev–Trinajstić information content (AvgIpc) is 3.14. The van der Waals surface area contributed by atoms with E-state index in [1.165, 1.54) is 11.3 Å². The Bertz CT molecular complexity index is 889. The predicted octanol–water partition coefficient (Wildman–Crippen LogP) is 3.30. The number of rotatable bonds is 5. The van der Waals surface area contributed by atoms with Crippen LogP contribution in [0.2, 0.25) is 0 Å². The smallest absolute Gasteiger partial charge is 0.408 e. The van der Waals surface area contributed by atoms with Gasteiger partial charge >= 0.3 is 6.09 Å². The first kappa shape index (κ1) is 20.8. The Balaban J connectivity index is 1.53. The summed E-state index contributed by atoms with van der Waals surface area (Å²) in [4.78, 5) is 34.6. The largest absolute Gasteiger partial charge is 0.444 e. The number of nitrogens with one attached hydrogen (secondary N) is 2. The van der Waals surface area contributed by atoms with E-state index < -0.39 is 11.7 Å². The van der Waals surface area contributed by atoms with Crippen LogP contribution in [0.15, 0.2) is 36.0 Å². The first-order valence-electron chi connectivity index (χ1n) is 9.37. The Kier molecular flexibility index (Phi) is 6.48. The van der Waals surface area contributed by atoms with Crippen LogP contribution in [0.25, 0.3) is 5.57 Å². The SMILES string of the molecule is CC(C)(C)OC(=O)NCC(=O)Nc1nc(C2=CCCN(c3ccncc3)C2)cs1. The van der Waals surface area contributed by atoms with Gasteiger partial charge in [0.05, 0.1) is 5.69 Å². The lowest BCUT2D eigenvalue weighted by Gasteiger charge is -2.28. The van der Waals surface area contributed by atoms with Crippen LogP contribution < -0.4 is 15.5 Å². The van der Waals surface area contributed by atoms with E-state index in [1.807, 2.05) is 17.5 Å². The van der Waals surface area contributed by atoms with Crippen molar-refractivity contribution in [2.45, 2.75) is 32.8 Å². The van der Waals surface area contributed by atoms with Gasteiger partial charge in [-0.2, -0.15) is 0 Å². The third-order valence-corrected chi connectivity index (χ3v) is 4.81. The van der Waals surface area contributed by atoms with Crippen molar-refractivity contribution in [2.24, 2.45) is 0 Å². The molecule has 0 atom stereocenters. The molecular formula is C20H25N5O3S. The van der Waals surface area contributed by atoms with Gasteiger partial charge in [-0.05, 0) is 44.9 Å². The summed E-state index contributed by atoms with van der Waals surface area (Å²) < 4.78 is 5.11. The molecule has 0 saturated heterocycles. The molecule has 1 aliphatic rings. The van der Waals surface area contributed by atoms with Crippen LogP contribution in [0.3, 0.4) is 0 Å². The van der Waals surface area contributed by atoms with Crippen molar-refractivity contribution < 1.29 is 14.3 Å². The molecule has 2 aromatic rings. The molecule has 0 bridgehead atoms. The van der Waals surface area contributed by atoms with E-state index in [1.54, 1.807) is 33.2 Å². The van der Waals surface area contributed by atoms with Crippen LogP contribution in [0.1, 0.15) is 32.9 Å². The lowest BCUT2D eigenvalue weighted by Crippen LogP contribution is -2.37. The molecule has 9 heteroatoms. The summed E-state index contributed by atoms with van der Waals surface area (Å²) in [5.41, 5.74) is 2.49. The molecule has 0 saturated carbocycles. The van der Waals surface area contributed by atoms with Crippen LogP contribution in [-0.2, 0) is 9.53 Å². The number of ether oxygens (including phenoxy) is 1. The number of carbonyl (C=O) groups excluding carboxylic acids is 2. The van der Waals surface area contributed by atoms with Crippen LogP contribution in [0.5, 0.6) is 0 Å². The molecule has 0 fully saturated rings. The van der Waals surface area contributed by atoms with Crippen molar-refractivity contribution in [3.05, 3.63) is 41.7 Å². The van der Waals surface area contributed by atoms with Gasteiger partial charge in [-0.1, -0.05) is 6.08 Å². The maximum absolute atomic E-state index is 12.1. The summed E-state index contributed by atoms with van der Waals surface area (Å²) in [6.07, 6.45) is 6.06. The van der Waals surface area contributed by atoms with E-state index in [-0.39, 0.29) is 12.5 Å². The monoisotopic (exact) mass is 415 g/mol. The highest BCUT2D eigenvalue weighted by Crippen LogP contribution is 2.27. The molecule has 2 N–H and O–H groups in total. The second-order valence-corrected chi connectivity index (χ2v) is 8.44. The van der Waals surface area contributed by atoms with Gasteiger partial charge in [0.15, 0.2) is 5.13 Å². The van der Waals surface area contributed by atoms with Gasteiger partial charge in [0.2, 0.25) is 5.91 Å². The summed E-state index contributed by atoms with van der Waals surface area (Å²) in [5, 5.41) is 7.57. The van der Waals surface area contributed by atoms with E-state index in [4.69, 9.17) is 4.74 Å². The van der Waals surface area contributed by atoms with Gasteiger partial charge in [0.25, 0.3) is 0 Å². The van der Waals surface area contributed by atoms with Gasteiger partial charge in [-0.25, -0.2) is 9.78 Å². The number of alkyl carbamates (subject to hydrolysis) is 1. The van der Waals surface area contributed by atoms with Crippen molar-refractivity contribution in [2.75, 3.05) is 29.9 Å². The molecule has 29 heavy (non-hydrogen) atoms. The van der Waals surface area contributed by atoms with Gasteiger partial charge in [-0.15, -0.1) is 11.3 Å². The summed E-state index contributed by atoms with van der Waals surface area (Å²) in [6.45, 7) is 6.81. The van der Waals surface area contributed by atoms with Crippen LogP contribution in [0.4, 0.5) is 15.6 Å². The summed E-state index contributed by atoms with van der Waals surface area (Å²) >= 11 is 1.36. The van der Waals surface area contributed by atoms with Gasteiger partial charge in [-0.3, -0.25) is 9.78 Å². The molecule has 0 spiro atoms. The quantitative estimate of drug-likeness (QED) is 0.778. The van der Waals surface area contributed by atoms with Crippen LogP contribution >= 0.6 is 11.3 Å². The zero-order chi connectivity index (χ0) is 20.9. The van der Waals surface area contributed by atoms with Gasteiger partial charge in [0.1, 0.15) is 12.1 Å². The number of amides is 2. The maximum Gasteiger partial charge on any atom is 0.408 e. The number of nitrogens with zero attached hydrogens (tertiary/aromatic N) is 3. The lowest BCUT2D eigenvalue weighted by atomic mass is 10.1. The molecule has 0 radical (unpaired) electrons.